The highest BCUT2D eigenvalue weighted by molar-refractivity contribution is 7.92. The van der Waals surface area contributed by atoms with Crippen molar-refractivity contribution in [3.63, 3.8) is 0 Å². The lowest BCUT2D eigenvalue weighted by Crippen LogP contribution is -2.55. The average Bonchev–Trinajstić information content (AvgIpc) is 3.57. The molecule has 1 saturated heterocycles. The fourth-order valence-electron chi connectivity index (χ4n) is 5.30. The largest absolute Gasteiger partial charge is 0.352 e. The second-order valence-electron chi connectivity index (χ2n) is 10.7. The van der Waals surface area contributed by atoms with E-state index in [9.17, 15) is 25.6 Å². The molecule has 216 valence electrons. The molecular weight excluding hydrogens is 579 g/mol. The first-order chi connectivity index (χ1) is 19.3. The first kappa shape index (κ1) is 27.5. The molecule has 0 N–H and O–H groups in total. The van der Waals surface area contributed by atoms with E-state index < -0.39 is 48.1 Å². The highest BCUT2D eigenvalue weighted by atomic mass is 32.2. The number of halogens is 3. The summed E-state index contributed by atoms with van der Waals surface area (Å²) in [6.45, 7) is 4.27. The summed E-state index contributed by atoms with van der Waals surface area (Å²) in [5.74, 6) is -1.71. The molecule has 1 saturated carbocycles. The van der Waals surface area contributed by atoms with Crippen molar-refractivity contribution in [3.8, 4) is 0 Å². The molecule has 3 heterocycles. The molecule has 0 radical (unpaired) electrons. The Hall–Kier alpha value is -3.65. The predicted octanol–water partition coefficient (Wildman–Crippen LogP) is 4.13. The molecule has 14 heteroatoms. The third-order valence-corrected chi connectivity index (χ3v) is 11.5. The van der Waals surface area contributed by atoms with Crippen LogP contribution < -0.4 is 9.80 Å². The monoisotopic (exact) mass is 605 g/mol. The molecule has 0 bridgehead atoms. The van der Waals surface area contributed by atoms with Gasteiger partial charge in [0.1, 0.15) is 23.3 Å². The van der Waals surface area contributed by atoms with Crippen molar-refractivity contribution in [2.24, 2.45) is 0 Å². The van der Waals surface area contributed by atoms with E-state index in [4.69, 9.17) is 0 Å². The number of anilines is 2. The van der Waals surface area contributed by atoms with Crippen LogP contribution in [0.25, 0.3) is 10.9 Å². The Labute approximate surface area is 235 Å². The number of pyridine rings is 1. The fraction of sp³-hybridized carbons (Fsp3) is 0.333. The molecule has 0 unspecified atom stereocenters. The second kappa shape index (κ2) is 9.44. The van der Waals surface area contributed by atoms with Gasteiger partial charge in [-0.3, -0.25) is 0 Å². The Morgan fingerprint density at radius 3 is 2.17 bits per heavy atom. The van der Waals surface area contributed by atoms with Gasteiger partial charge in [-0.15, -0.1) is 5.10 Å². The Morgan fingerprint density at radius 1 is 0.878 bits per heavy atom. The molecule has 0 atom stereocenters. The number of aromatic nitrogens is 3. The van der Waals surface area contributed by atoms with Gasteiger partial charge in [-0.2, -0.15) is 12.5 Å². The summed E-state index contributed by atoms with van der Waals surface area (Å²) in [6.07, 6.45) is 2.58. The smallest absolute Gasteiger partial charge is 0.283 e. The summed E-state index contributed by atoms with van der Waals surface area (Å²) in [5.41, 5.74) is -0.757. The van der Waals surface area contributed by atoms with Gasteiger partial charge in [0.05, 0.1) is 37.7 Å². The van der Waals surface area contributed by atoms with Gasteiger partial charge in [-0.25, -0.2) is 26.6 Å². The maximum atomic E-state index is 15.3. The molecule has 2 aromatic carbocycles. The normalized spacial score (nSPS) is 17.1. The Morgan fingerprint density at radius 2 is 1.56 bits per heavy atom. The molecule has 41 heavy (non-hydrogen) atoms. The van der Waals surface area contributed by atoms with E-state index in [2.05, 4.69) is 10.1 Å². The predicted molar refractivity (Wildman–Crippen MR) is 147 cm³/mol. The van der Waals surface area contributed by atoms with Crippen LogP contribution in [-0.2, 0) is 19.9 Å². The Kier molecular flexibility index (Phi) is 6.34. The molecule has 1 aliphatic carbocycles. The van der Waals surface area contributed by atoms with Crippen LogP contribution in [0.5, 0.6) is 0 Å². The topological polar surface area (TPSA) is 105 Å². The van der Waals surface area contributed by atoms with Gasteiger partial charge in [0.2, 0.25) is 0 Å². The highest BCUT2D eigenvalue weighted by Gasteiger charge is 2.53. The molecule has 6 rings (SSSR count). The highest BCUT2D eigenvalue weighted by Crippen LogP contribution is 2.48. The number of benzene rings is 2. The molecule has 1 spiro atoms. The first-order valence-electron chi connectivity index (χ1n) is 12.9. The summed E-state index contributed by atoms with van der Waals surface area (Å²) in [6, 6.07) is 9.18. The van der Waals surface area contributed by atoms with Crippen molar-refractivity contribution >= 4 is 42.4 Å². The van der Waals surface area contributed by atoms with E-state index in [1.165, 1.54) is 32.0 Å². The van der Waals surface area contributed by atoms with Crippen LogP contribution in [0.2, 0.25) is 0 Å². The van der Waals surface area contributed by atoms with Crippen molar-refractivity contribution in [2.45, 2.75) is 47.3 Å². The molecule has 2 fully saturated rings. The number of rotatable bonds is 6. The quantitative estimate of drug-likeness (QED) is 0.323. The van der Waals surface area contributed by atoms with E-state index in [0.717, 1.165) is 37.2 Å². The van der Waals surface area contributed by atoms with Gasteiger partial charge < -0.3 is 9.80 Å². The van der Waals surface area contributed by atoms with Gasteiger partial charge in [0.15, 0.2) is 15.7 Å². The minimum atomic E-state index is -4.48. The van der Waals surface area contributed by atoms with Crippen molar-refractivity contribution < 1.29 is 30.0 Å². The number of hydrogen-bond acceptors (Lipinski definition) is 8. The van der Waals surface area contributed by atoms with E-state index >= 15 is 4.39 Å². The third kappa shape index (κ3) is 4.53. The maximum Gasteiger partial charge on any atom is 0.283 e. The van der Waals surface area contributed by atoms with E-state index in [0.29, 0.717) is 35.6 Å². The number of hydrogen-bond donors (Lipinski definition) is 0. The second-order valence-corrected chi connectivity index (χ2v) is 14.9. The molecular formula is C27H26F3N5O4S2. The number of sulfone groups is 1. The summed E-state index contributed by atoms with van der Waals surface area (Å²) in [5, 5.41) is 3.52. The van der Waals surface area contributed by atoms with Gasteiger partial charge in [0, 0.05) is 31.8 Å². The summed E-state index contributed by atoms with van der Waals surface area (Å²) < 4.78 is 96.3. The van der Waals surface area contributed by atoms with Crippen LogP contribution >= 0.6 is 0 Å². The molecule has 2 aromatic heterocycles. The van der Waals surface area contributed by atoms with Crippen molar-refractivity contribution in [3.05, 3.63) is 72.2 Å². The lowest BCUT2D eigenvalue weighted by atomic mass is 10.1. The summed E-state index contributed by atoms with van der Waals surface area (Å²) in [7, 11) is -8.12. The average molecular weight is 606 g/mol. The lowest BCUT2D eigenvalue weighted by molar-refractivity contribution is 0.500. The number of nitrogens with zero attached hydrogens (tertiary/aromatic N) is 5. The van der Waals surface area contributed by atoms with Crippen molar-refractivity contribution in [1.82, 2.24) is 14.2 Å². The van der Waals surface area contributed by atoms with Crippen LogP contribution in [0.15, 0.2) is 64.5 Å². The zero-order chi connectivity index (χ0) is 29.3. The number of piperazine rings is 1. The zero-order valence-electron chi connectivity index (χ0n) is 22.1. The third-order valence-electron chi connectivity index (χ3n) is 7.72. The summed E-state index contributed by atoms with van der Waals surface area (Å²) in [4.78, 5) is 7.69. The van der Waals surface area contributed by atoms with Crippen LogP contribution in [0.1, 0.15) is 26.7 Å². The van der Waals surface area contributed by atoms with Crippen molar-refractivity contribution in [2.75, 3.05) is 29.4 Å². The van der Waals surface area contributed by atoms with Crippen LogP contribution in [0, 0.1) is 17.5 Å². The van der Waals surface area contributed by atoms with Gasteiger partial charge >= 0.3 is 0 Å². The van der Waals surface area contributed by atoms with Crippen LogP contribution in [0.4, 0.5) is 24.8 Å². The number of fused-ring (bicyclic) bond motifs is 1. The Bertz CT molecular complexity index is 1870. The van der Waals surface area contributed by atoms with E-state index in [1.807, 2.05) is 9.80 Å². The minimum absolute atomic E-state index is 0.0428. The molecule has 4 aromatic rings. The molecule has 2 aliphatic rings. The van der Waals surface area contributed by atoms with Gasteiger partial charge in [0.25, 0.3) is 10.0 Å². The summed E-state index contributed by atoms with van der Waals surface area (Å²) >= 11 is 0. The van der Waals surface area contributed by atoms with Crippen LogP contribution in [0.3, 0.4) is 0 Å². The molecule has 1 aliphatic heterocycles. The molecule has 9 nitrogen and oxygen atoms in total. The molecule has 0 amide bonds. The first-order valence-corrected chi connectivity index (χ1v) is 15.9. The van der Waals surface area contributed by atoms with Gasteiger partial charge in [-0.05, 0) is 63.1 Å². The lowest BCUT2D eigenvalue weighted by Gasteiger charge is -2.43. The Balaban J connectivity index is 1.42. The maximum absolute atomic E-state index is 15.3. The fourth-order valence-corrected chi connectivity index (χ4v) is 7.63. The minimum Gasteiger partial charge on any atom is -0.352 e. The standard InChI is InChI=1S/C27H26F3N5O4S2/c1-17(2)40(36,37)20-4-6-21(7-5-20)41(38,39)35-23-14-19(29)13-22(30)25(23)26(32-35)34-12-11-33(16-27(34)9-10-27)24-8-3-18(28)15-31-24/h3-8,13-15,17H,9-12,16H2,1-2H3. The van der Waals surface area contributed by atoms with Crippen LogP contribution in [-0.4, -0.2) is 61.4 Å². The van der Waals surface area contributed by atoms with E-state index in [-0.39, 0.29) is 26.5 Å². The zero-order valence-corrected chi connectivity index (χ0v) is 23.8. The van der Waals surface area contributed by atoms with Gasteiger partial charge in [-0.1, -0.05) is 0 Å². The SMILES string of the molecule is CC(C)S(=O)(=O)c1ccc(S(=O)(=O)n2nc(N3CCN(c4ccc(F)cn4)CC34CC4)c3c(F)cc(F)cc32)cc1. The van der Waals surface area contributed by atoms with E-state index in [1.54, 1.807) is 6.07 Å². The van der Waals surface area contributed by atoms with Crippen molar-refractivity contribution in [1.29, 1.82) is 0 Å².